The maximum absolute atomic E-state index is 11.6. The number of carbonyl (C=O) groups excluding carboxylic acids is 3. The number of nitrogens with zero attached hydrogens (tertiary/aromatic N) is 1. The summed E-state index contributed by atoms with van der Waals surface area (Å²) < 4.78 is 20.7. The molecule has 0 fully saturated rings. The van der Waals surface area contributed by atoms with Crippen molar-refractivity contribution in [2.75, 3.05) is 73.7 Å². The van der Waals surface area contributed by atoms with Crippen molar-refractivity contribution in [2.45, 2.75) is 19.8 Å². The molecule has 2 N–H and O–H groups in total. The Labute approximate surface area is 165 Å². The van der Waals surface area contributed by atoms with Crippen LogP contribution in [0.4, 0.5) is 0 Å². The fourth-order valence-electron chi connectivity index (χ4n) is 1.65. The minimum Gasteiger partial charge on any atom is -0.378 e. The van der Waals surface area contributed by atoms with Gasteiger partial charge in [0.1, 0.15) is 19.9 Å². The van der Waals surface area contributed by atoms with E-state index in [1.54, 1.807) is 14.1 Å². The SMILES string of the molecule is CCOCC(=O)N(C)COCCCOCC(=O)NOCCOCCC(=O)NC. The van der Waals surface area contributed by atoms with E-state index in [2.05, 4.69) is 10.8 Å². The van der Waals surface area contributed by atoms with E-state index in [0.717, 1.165) is 0 Å². The van der Waals surface area contributed by atoms with Gasteiger partial charge in [-0.05, 0) is 13.3 Å². The smallest absolute Gasteiger partial charge is 0.269 e. The van der Waals surface area contributed by atoms with E-state index >= 15 is 0 Å². The first-order valence-corrected chi connectivity index (χ1v) is 9.17. The summed E-state index contributed by atoms with van der Waals surface area (Å²) >= 11 is 0. The second kappa shape index (κ2) is 18.6. The predicted octanol–water partition coefficient (Wildman–Crippen LogP) is -0.937. The van der Waals surface area contributed by atoms with Crippen molar-refractivity contribution in [1.29, 1.82) is 0 Å². The Morgan fingerprint density at radius 1 is 0.857 bits per heavy atom. The number of amides is 3. The fourth-order valence-corrected chi connectivity index (χ4v) is 1.65. The summed E-state index contributed by atoms with van der Waals surface area (Å²) in [5, 5.41) is 2.48. The van der Waals surface area contributed by atoms with Crippen LogP contribution in [-0.4, -0.2) is 96.3 Å². The van der Waals surface area contributed by atoms with Crippen LogP contribution < -0.4 is 10.8 Å². The molecular weight excluding hydrogens is 374 g/mol. The number of carbonyl (C=O) groups is 3. The van der Waals surface area contributed by atoms with Crippen molar-refractivity contribution in [2.24, 2.45) is 0 Å². The molecule has 0 atom stereocenters. The molecule has 0 aromatic carbocycles. The highest BCUT2D eigenvalue weighted by Gasteiger charge is 2.08. The third-order valence-electron chi connectivity index (χ3n) is 3.22. The number of ether oxygens (including phenoxy) is 4. The van der Waals surface area contributed by atoms with E-state index in [4.69, 9.17) is 23.8 Å². The molecule has 0 unspecified atom stereocenters. The Morgan fingerprint density at radius 2 is 1.61 bits per heavy atom. The molecular formula is C17H33N3O8. The van der Waals surface area contributed by atoms with Crippen LogP contribution in [0, 0.1) is 0 Å². The fraction of sp³-hybridized carbons (Fsp3) is 0.824. The number of hydrogen-bond acceptors (Lipinski definition) is 8. The van der Waals surface area contributed by atoms with Crippen molar-refractivity contribution < 1.29 is 38.2 Å². The Hall–Kier alpha value is -1.79. The minimum absolute atomic E-state index is 0.0405. The van der Waals surface area contributed by atoms with Gasteiger partial charge in [0.2, 0.25) is 11.8 Å². The summed E-state index contributed by atoms with van der Waals surface area (Å²) in [7, 11) is 3.19. The second-order valence-electron chi connectivity index (χ2n) is 5.58. The Balaban J connectivity index is 3.39. The number of hydroxylamine groups is 1. The lowest BCUT2D eigenvalue weighted by Crippen LogP contribution is -2.32. The molecule has 164 valence electrons. The van der Waals surface area contributed by atoms with Crippen LogP contribution in [0.2, 0.25) is 0 Å². The van der Waals surface area contributed by atoms with E-state index in [0.29, 0.717) is 32.8 Å². The van der Waals surface area contributed by atoms with E-state index < -0.39 is 5.91 Å². The third kappa shape index (κ3) is 16.4. The number of hydrogen-bond donors (Lipinski definition) is 2. The van der Waals surface area contributed by atoms with Crippen molar-refractivity contribution >= 4 is 17.7 Å². The number of nitrogens with one attached hydrogen (secondary N) is 2. The monoisotopic (exact) mass is 407 g/mol. The largest absolute Gasteiger partial charge is 0.378 e. The highest BCUT2D eigenvalue weighted by Crippen LogP contribution is 1.91. The van der Waals surface area contributed by atoms with Crippen LogP contribution in [0.5, 0.6) is 0 Å². The highest BCUT2D eigenvalue weighted by molar-refractivity contribution is 5.77. The van der Waals surface area contributed by atoms with Crippen LogP contribution >= 0.6 is 0 Å². The number of rotatable bonds is 18. The highest BCUT2D eigenvalue weighted by atomic mass is 16.7. The topological polar surface area (TPSA) is 125 Å². The molecule has 11 heteroatoms. The van der Waals surface area contributed by atoms with Gasteiger partial charge in [-0.3, -0.25) is 19.2 Å². The van der Waals surface area contributed by atoms with E-state index in [1.165, 1.54) is 4.90 Å². The first kappa shape index (κ1) is 26.2. The first-order valence-electron chi connectivity index (χ1n) is 9.17. The Kier molecular flexibility index (Phi) is 17.4. The summed E-state index contributed by atoms with van der Waals surface area (Å²) in [6.07, 6.45) is 0.862. The maximum Gasteiger partial charge on any atom is 0.269 e. The van der Waals surface area contributed by atoms with Crippen LogP contribution in [-0.2, 0) is 38.2 Å². The summed E-state index contributed by atoms with van der Waals surface area (Å²) in [6, 6.07) is 0. The van der Waals surface area contributed by atoms with Crippen molar-refractivity contribution in [3.63, 3.8) is 0 Å². The van der Waals surface area contributed by atoms with Crippen molar-refractivity contribution in [3.05, 3.63) is 0 Å². The van der Waals surface area contributed by atoms with Gasteiger partial charge in [-0.25, -0.2) is 5.48 Å². The van der Waals surface area contributed by atoms with E-state index in [-0.39, 0.29) is 51.4 Å². The molecule has 0 saturated heterocycles. The lowest BCUT2D eigenvalue weighted by Gasteiger charge is -2.17. The Morgan fingerprint density at radius 3 is 2.32 bits per heavy atom. The van der Waals surface area contributed by atoms with Gasteiger partial charge >= 0.3 is 0 Å². The third-order valence-corrected chi connectivity index (χ3v) is 3.22. The lowest BCUT2D eigenvalue weighted by molar-refractivity contribution is -0.141. The first-order chi connectivity index (χ1) is 13.5. The van der Waals surface area contributed by atoms with Crippen LogP contribution in [0.15, 0.2) is 0 Å². The maximum atomic E-state index is 11.6. The molecule has 0 spiro atoms. The average Bonchev–Trinajstić information content (AvgIpc) is 2.69. The van der Waals surface area contributed by atoms with Gasteiger partial charge in [-0.2, -0.15) is 0 Å². The van der Waals surface area contributed by atoms with Gasteiger partial charge in [0.05, 0.1) is 26.4 Å². The average molecular weight is 407 g/mol. The molecule has 0 rings (SSSR count). The van der Waals surface area contributed by atoms with Crippen LogP contribution in [0.1, 0.15) is 19.8 Å². The van der Waals surface area contributed by atoms with Crippen LogP contribution in [0.3, 0.4) is 0 Å². The zero-order valence-electron chi connectivity index (χ0n) is 17.0. The summed E-state index contributed by atoms with van der Waals surface area (Å²) in [6.45, 7) is 3.85. The van der Waals surface area contributed by atoms with Crippen molar-refractivity contribution in [1.82, 2.24) is 15.7 Å². The second-order valence-corrected chi connectivity index (χ2v) is 5.58. The minimum atomic E-state index is -0.410. The zero-order chi connectivity index (χ0) is 21.0. The summed E-state index contributed by atoms with van der Waals surface area (Å²) in [5.74, 6) is -0.655. The van der Waals surface area contributed by atoms with E-state index in [1.807, 2.05) is 6.92 Å². The van der Waals surface area contributed by atoms with Gasteiger partial charge in [-0.15, -0.1) is 0 Å². The molecule has 28 heavy (non-hydrogen) atoms. The molecule has 0 bridgehead atoms. The normalized spacial score (nSPS) is 10.5. The zero-order valence-corrected chi connectivity index (χ0v) is 17.0. The molecule has 0 aliphatic rings. The van der Waals surface area contributed by atoms with Crippen molar-refractivity contribution in [3.8, 4) is 0 Å². The molecule has 11 nitrogen and oxygen atoms in total. The number of likely N-dealkylation sites (N-methyl/N-ethyl adjacent to an activating group) is 1. The van der Waals surface area contributed by atoms with Crippen LogP contribution in [0.25, 0.3) is 0 Å². The lowest BCUT2D eigenvalue weighted by atomic mass is 10.4. The standard InChI is InChI=1S/C17H33N3O8/c1-4-24-13-17(23)20(3)14-27-8-5-7-26-12-16(22)19-28-11-10-25-9-6-15(21)18-2/h4-14H2,1-3H3,(H,18,21)(H,19,22). The summed E-state index contributed by atoms with van der Waals surface area (Å²) in [4.78, 5) is 40.3. The van der Waals surface area contributed by atoms with Gasteiger partial charge < -0.3 is 29.2 Å². The Bertz CT molecular complexity index is 437. The predicted molar refractivity (Wildman–Crippen MR) is 99.1 cm³/mol. The van der Waals surface area contributed by atoms with Gasteiger partial charge in [0.25, 0.3) is 5.91 Å². The molecule has 3 amide bonds. The molecule has 0 heterocycles. The summed E-state index contributed by atoms with van der Waals surface area (Å²) in [5.41, 5.74) is 2.23. The molecule has 0 aliphatic heterocycles. The molecule has 0 aromatic rings. The molecule has 0 aliphatic carbocycles. The molecule has 0 aromatic heterocycles. The van der Waals surface area contributed by atoms with Gasteiger partial charge in [-0.1, -0.05) is 0 Å². The molecule has 0 radical (unpaired) electrons. The molecule has 0 saturated carbocycles. The van der Waals surface area contributed by atoms with E-state index in [9.17, 15) is 14.4 Å². The van der Waals surface area contributed by atoms with Gasteiger partial charge in [0.15, 0.2) is 0 Å². The van der Waals surface area contributed by atoms with Gasteiger partial charge in [0, 0.05) is 33.7 Å². The quantitative estimate of drug-likeness (QED) is 0.170.